The molecule has 0 bridgehead atoms. The van der Waals surface area contributed by atoms with Crippen LogP contribution < -0.4 is 10.2 Å². The number of methoxy groups -OCH3 is 1. The Morgan fingerprint density at radius 1 is 1.67 bits per heavy atom. The molecule has 0 spiro atoms. The van der Waals surface area contributed by atoms with Crippen molar-refractivity contribution in [3.8, 4) is 5.88 Å². The molecular formula is C6H7BFNO3. The molecule has 64 valence electrons. The summed E-state index contributed by atoms with van der Waals surface area (Å²) >= 11 is 0. The Morgan fingerprint density at radius 3 is 3.00 bits per heavy atom. The molecular weight excluding hydrogens is 164 g/mol. The van der Waals surface area contributed by atoms with Crippen LogP contribution in [-0.2, 0) is 4.86 Å². The Labute approximate surface area is 69.0 Å². The molecule has 0 aliphatic heterocycles. The topological polar surface area (TPSA) is 51.6 Å². The van der Waals surface area contributed by atoms with Gasteiger partial charge >= 0.3 is 7.12 Å². The molecule has 0 aliphatic rings. The maximum Gasteiger partial charge on any atom is 0.530 e. The molecule has 1 aromatic heterocycles. The van der Waals surface area contributed by atoms with E-state index in [1.165, 1.54) is 25.4 Å². The van der Waals surface area contributed by atoms with Crippen molar-refractivity contribution in [2.75, 3.05) is 7.11 Å². The van der Waals surface area contributed by atoms with E-state index in [-0.39, 0.29) is 5.46 Å². The van der Waals surface area contributed by atoms with Gasteiger partial charge in [-0.05, 0) is 11.5 Å². The van der Waals surface area contributed by atoms with Crippen LogP contribution in [0.3, 0.4) is 0 Å². The third-order valence-corrected chi connectivity index (χ3v) is 1.34. The van der Waals surface area contributed by atoms with Crippen molar-refractivity contribution in [1.29, 1.82) is 0 Å². The third-order valence-electron chi connectivity index (χ3n) is 1.34. The Kier molecular flexibility index (Phi) is 3.01. The van der Waals surface area contributed by atoms with Crippen LogP contribution in [0.25, 0.3) is 0 Å². The van der Waals surface area contributed by atoms with E-state index in [0.717, 1.165) is 0 Å². The molecule has 0 fully saturated rings. The highest BCUT2D eigenvalue weighted by atomic mass is 19.3. The fraction of sp³-hybridized carbons (Fsp3) is 0.167. The van der Waals surface area contributed by atoms with Gasteiger partial charge in [0.2, 0.25) is 5.88 Å². The second-order valence-electron chi connectivity index (χ2n) is 2.07. The molecule has 0 saturated carbocycles. The van der Waals surface area contributed by atoms with Gasteiger partial charge in [0.25, 0.3) is 0 Å². The summed E-state index contributed by atoms with van der Waals surface area (Å²) < 4.78 is 16.2. The molecule has 4 nitrogen and oxygen atoms in total. The molecule has 12 heavy (non-hydrogen) atoms. The summed E-state index contributed by atoms with van der Waals surface area (Å²) in [6.07, 6.45) is 1.39. The lowest BCUT2D eigenvalue weighted by Gasteiger charge is -2.01. The lowest BCUT2D eigenvalue weighted by atomic mass is 9.81. The largest absolute Gasteiger partial charge is 0.530 e. The van der Waals surface area contributed by atoms with Crippen LogP contribution in [0, 0.1) is 0 Å². The number of aromatic nitrogens is 1. The van der Waals surface area contributed by atoms with Crippen LogP contribution in [0.5, 0.6) is 5.88 Å². The van der Waals surface area contributed by atoms with Gasteiger partial charge in [0.15, 0.2) is 0 Å². The Morgan fingerprint density at radius 2 is 2.42 bits per heavy atom. The normalized spacial score (nSPS) is 9.58. The number of hydrogen-bond donors (Lipinski definition) is 1. The zero-order valence-corrected chi connectivity index (χ0v) is 6.40. The minimum Gasteiger partial charge on any atom is -0.481 e. The summed E-state index contributed by atoms with van der Waals surface area (Å²) in [5, 5.41) is 8.87. The van der Waals surface area contributed by atoms with Crippen LogP contribution in [-0.4, -0.2) is 24.2 Å². The van der Waals surface area contributed by atoms with Crippen molar-refractivity contribution in [1.82, 2.24) is 4.98 Å². The summed E-state index contributed by atoms with van der Waals surface area (Å²) in [7, 11) is -0.156. The number of hydrogen-bond acceptors (Lipinski definition) is 4. The van der Waals surface area contributed by atoms with Crippen molar-refractivity contribution in [3.05, 3.63) is 18.3 Å². The SMILES string of the molecule is COc1cc(B(O)OF)ccn1. The highest BCUT2D eigenvalue weighted by molar-refractivity contribution is 6.59. The van der Waals surface area contributed by atoms with Gasteiger partial charge in [0.05, 0.1) is 7.11 Å². The smallest absolute Gasteiger partial charge is 0.481 e. The zero-order chi connectivity index (χ0) is 8.97. The predicted octanol–water partition coefficient (Wildman–Crippen LogP) is -0.321. The van der Waals surface area contributed by atoms with E-state index in [4.69, 9.17) is 9.76 Å². The Hall–Kier alpha value is -1.14. The molecule has 0 saturated heterocycles. The van der Waals surface area contributed by atoms with E-state index in [2.05, 4.69) is 9.84 Å². The Balaban J connectivity index is 2.86. The van der Waals surface area contributed by atoms with E-state index in [9.17, 15) is 4.53 Å². The number of halogens is 1. The molecule has 6 heteroatoms. The van der Waals surface area contributed by atoms with Gasteiger partial charge in [-0.25, -0.2) is 9.84 Å². The first-order valence-corrected chi connectivity index (χ1v) is 3.23. The van der Waals surface area contributed by atoms with Gasteiger partial charge in [-0.15, -0.1) is 0 Å². The Bertz CT molecular complexity index is 260. The molecule has 1 aromatic rings. The van der Waals surface area contributed by atoms with E-state index < -0.39 is 7.12 Å². The van der Waals surface area contributed by atoms with Gasteiger partial charge in [-0.2, -0.15) is 0 Å². The van der Waals surface area contributed by atoms with Gasteiger partial charge in [0.1, 0.15) is 0 Å². The van der Waals surface area contributed by atoms with Crippen molar-refractivity contribution < 1.29 is 19.1 Å². The highest BCUT2D eigenvalue weighted by Gasteiger charge is 2.17. The first-order valence-electron chi connectivity index (χ1n) is 3.23. The summed E-state index contributed by atoms with van der Waals surface area (Å²) in [6.45, 7) is 0. The van der Waals surface area contributed by atoms with Crippen molar-refractivity contribution in [3.63, 3.8) is 0 Å². The van der Waals surface area contributed by atoms with E-state index in [1.807, 2.05) is 0 Å². The van der Waals surface area contributed by atoms with Crippen molar-refractivity contribution >= 4 is 12.6 Å². The van der Waals surface area contributed by atoms with E-state index in [1.54, 1.807) is 0 Å². The standard InChI is InChI=1S/C6H7BFNO3/c1-11-6-4-5(2-3-9-6)7(10)12-8/h2-4,10H,1H3. The maximum absolute atomic E-state index is 11.5. The van der Waals surface area contributed by atoms with Crippen LogP contribution in [0.1, 0.15) is 0 Å². The lowest BCUT2D eigenvalue weighted by molar-refractivity contribution is -0.0267. The summed E-state index contributed by atoms with van der Waals surface area (Å²) in [5.41, 5.74) is 0.254. The summed E-state index contributed by atoms with van der Waals surface area (Å²) in [4.78, 5) is 6.97. The van der Waals surface area contributed by atoms with E-state index in [0.29, 0.717) is 5.88 Å². The number of ether oxygens (including phenoxy) is 1. The monoisotopic (exact) mass is 171 g/mol. The molecule has 0 amide bonds. The first kappa shape index (κ1) is 8.96. The van der Waals surface area contributed by atoms with Crippen LogP contribution in [0.2, 0.25) is 0 Å². The third kappa shape index (κ3) is 1.93. The molecule has 1 N–H and O–H groups in total. The van der Waals surface area contributed by atoms with Crippen molar-refractivity contribution in [2.45, 2.75) is 0 Å². The molecule has 0 atom stereocenters. The predicted molar refractivity (Wildman–Crippen MR) is 40.6 cm³/mol. The van der Waals surface area contributed by atoms with Gasteiger partial charge in [-0.1, -0.05) is 4.53 Å². The molecule has 0 aromatic carbocycles. The molecule has 1 rings (SSSR count). The van der Waals surface area contributed by atoms with Crippen LogP contribution in [0.4, 0.5) is 4.53 Å². The maximum atomic E-state index is 11.5. The average Bonchev–Trinajstić information content (AvgIpc) is 2.17. The zero-order valence-electron chi connectivity index (χ0n) is 6.40. The number of pyridine rings is 1. The molecule has 1 heterocycles. The lowest BCUT2D eigenvalue weighted by Crippen LogP contribution is -2.31. The van der Waals surface area contributed by atoms with Gasteiger partial charge in [-0.3, -0.25) is 0 Å². The van der Waals surface area contributed by atoms with Crippen LogP contribution in [0.15, 0.2) is 18.3 Å². The fourth-order valence-electron chi connectivity index (χ4n) is 0.741. The summed E-state index contributed by atoms with van der Waals surface area (Å²) in [5.74, 6) is 0.295. The minimum atomic E-state index is -1.58. The minimum absolute atomic E-state index is 0.254. The second kappa shape index (κ2) is 4.03. The number of nitrogens with zero attached hydrogens (tertiary/aromatic N) is 1. The molecule has 0 unspecified atom stereocenters. The van der Waals surface area contributed by atoms with Crippen LogP contribution >= 0.6 is 0 Å². The highest BCUT2D eigenvalue weighted by Crippen LogP contribution is 2.00. The van der Waals surface area contributed by atoms with Gasteiger partial charge in [0, 0.05) is 12.3 Å². The summed E-state index contributed by atoms with van der Waals surface area (Å²) in [6, 6.07) is 2.80. The van der Waals surface area contributed by atoms with E-state index >= 15 is 0 Å². The molecule has 0 radical (unpaired) electrons. The number of rotatable bonds is 3. The van der Waals surface area contributed by atoms with Gasteiger partial charge < -0.3 is 9.76 Å². The first-order chi connectivity index (χ1) is 5.77. The quantitative estimate of drug-likeness (QED) is 0.633. The second-order valence-corrected chi connectivity index (χ2v) is 2.07. The average molecular weight is 171 g/mol. The molecule has 0 aliphatic carbocycles. The fourth-order valence-corrected chi connectivity index (χ4v) is 0.741. The van der Waals surface area contributed by atoms with Crippen molar-refractivity contribution in [2.24, 2.45) is 0 Å².